The lowest BCUT2D eigenvalue weighted by atomic mass is 9.91. The fourth-order valence-corrected chi connectivity index (χ4v) is 4.84. The normalized spacial score (nSPS) is 29.7. The van der Waals surface area contributed by atoms with Crippen molar-refractivity contribution in [2.75, 3.05) is 0 Å². The van der Waals surface area contributed by atoms with Crippen LogP contribution in [0.5, 0.6) is 5.75 Å². The number of hydrogen-bond acceptors (Lipinski definition) is 7. The van der Waals surface area contributed by atoms with Crippen molar-refractivity contribution < 1.29 is 29.7 Å². The van der Waals surface area contributed by atoms with Crippen molar-refractivity contribution >= 4 is 17.7 Å². The number of benzene rings is 2. The Kier molecular flexibility index (Phi) is 8.65. The predicted octanol–water partition coefficient (Wildman–Crippen LogP) is 0.479. The summed E-state index contributed by atoms with van der Waals surface area (Å²) in [4.78, 5) is 39.9. The minimum Gasteiger partial charge on any atom is -0.508 e. The number of carbonyl (C=O) groups excluding carboxylic acids is 3. The average Bonchev–Trinajstić information content (AvgIpc) is 3.74. The second kappa shape index (κ2) is 11.9. The second-order valence-corrected chi connectivity index (χ2v) is 10.3. The molecule has 1 saturated carbocycles. The highest BCUT2D eigenvalue weighted by molar-refractivity contribution is 5.91. The Bertz CT molecular complexity index is 1140. The first-order valence-corrected chi connectivity index (χ1v) is 13.0. The number of nitrogens with one attached hydrogen (secondary N) is 4. The smallest absolute Gasteiger partial charge is 0.243 e. The SMILES string of the molecule is CC1NC(=O)C(C2CC2)NC(=O)C(C)C(O)C(Cc2ccccc2)NC(=O)C1NC(O)c1ccccc1O. The van der Waals surface area contributed by atoms with Crippen molar-refractivity contribution in [3.05, 3.63) is 65.7 Å². The number of amides is 3. The highest BCUT2D eigenvalue weighted by Gasteiger charge is 2.42. The molecule has 10 nitrogen and oxygen atoms in total. The molecule has 2 aromatic rings. The molecule has 2 aromatic carbocycles. The van der Waals surface area contributed by atoms with Crippen LogP contribution in [0.4, 0.5) is 0 Å². The number of rotatable bonds is 6. The number of hydrogen-bond donors (Lipinski definition) is 7. The number of aliphatic hydroxyl groups excluding tert-OH is 2. The zero-order chi connectivity index (χ0) is 27.4. The molecule has 2 fully saturated rings. The highest BCUT2D eigenvalue weighted by Crippen LogP contribution is 2.33. The van der Waals surface area contributed by atoms with Crippen molar-refractivity contribution in [2.24, 2.45) is 11.8 Å². The monoisotopic (exact) mass is 524 g/mol. The first kappa shape index (κ1) is 27.6. The van der Waals surface area contributed by atoms with Crippen molar-refractivity contribution in [3.63, 3.8) is 0 Å². The summed E-state index contributed by atoms with van der Waals surface area (Å²) in [5, 5.41) is 43.6. The lowest BCUT2D eigenvalue weighted by molar-refractivity contribution is -0.136. The van der Waals surface area contributed by atoms with Gasteiger partial charge in [-0.2, -0.15) is 0 Å². The summed E-state index contributed by atoms with van der Waals surface area (Å²) in [7, 11) is 0. The van der Waals surface area contributed by atoms with Gasteiger partial charge in [0.15, 0.2) is 0 Å². The largest absolute Gasteiger partial charge is 0.508 e. The van der Waals surface area contributed by atoms with Gasteiger partial charge in [-0.1, -0.05) is 55.5 Å². The summed E-state index contributed by atoms with van der Waals surface area (Å²) in [5.41, 5.74) is 1.02. The van der Waals surface area contributed by atoms with E-state index in [1.165, 1.54) is 12.1 Å². The molecule has 1 heterocycles. The molecule has 204 valence electrons. The van der Waals surface area contributed by atoms with E-state index >= 15 is 0 Å². The Balaban J connectivity index is 1.66. The fraction of sp³-hybridized carbons (Fsp3) is 0.464. The summed E-state index contributed by atoms with van der Waals surface area (Å²) < 4.78 is 0. The van der Waals surface area contributed by atoms with E-state index in [2.05, 4.69) is 21.3 Å². The van der Waals surface area contributed by atoms with Crippen LogP contribution in [0.15, 0.2) is 54.6 Å². The van der Waals surface area contributed by atoms with Gasteiger partial charge in [0, 0.05) is 5.56 Å². The molecule has 3 amide bonds. The van der Waals surface area contributed by atoms with Crippen molar-refractivity contribution in [2.45, 2.75) is 69.6 Å². The van der Waals surface area contributed by atoms with E-state index in [1.807, 2.05) is 30.3 Å². The third-order valence-electron chi connectivity index (χ3n) is 7.36. The lowest BCUT2D eigenvalue weighted by Gasteiger charge is -2.34. The molecular formula is C28H36N4O6. The fourth-order valence-electron chi connectivity index (χ4n) is 4.84. The van der Waals surface area contributed by atoms with Gasteiger partial charge in [0.25, 0.3) is 0 Å². The predicted molar refractivity (Wildman–Crippen MR) is 139 cm³/mol. The lowest BCUT2D eigenvalue weighted by Crippen LogP contribution is -2.63. The molecule has 4 rings (SSSR count). The van der Waals surface area contributed by atoms with Crippen LogP contribution in [0.1, 0.15) is 44.0 Å². The maximum absolute atomic E-state index is 13.7. The van der Waals surface area contributed by atoms with Gasteiger partial charge >= 0.3 is 0 Å². The third-order valence-corrected chi connectivity index (χ3v) is 7.36. The van der Waals surface area contributed by atoms with Crippen LogP contribution in [-0.2, 0) is 20.8 Å². The molecule has 0 aromatic heterocycles. The molecule has 10 heteroatoms. The number of phenols is 1. The minimum absolute atomic E-state index is 0.0226. The van der Waals surface area contributed by atoms with Crippen molar-refractivity contribution in [3.8, 4) is 5.75 Å². The molecule has 38 heavy (non-hydrogen) atoms. The third kappa shape index (κ3) is 6.50. The van der Waals surface area contributed by atoms with E-state index < -0.39 is 60.1 Å². The average molecular weight is 525 g/mol. The summed E-state index contributed by atoms with van der Waals surface area (Å²) in [6.07, 6.45) is -0.842. The van der Waals surface area contributed by atoms with Crippen LogP contribution in [0.3, 0.4) is 0 Å². The van der Waals surface area contributed by atoms with E-state index in [4.69, 9.17) is 0 Å². The topological polar surface area (TPSA) is 160 Å². The highest BCUT2D eigenvalue weighted by atomic mass is 16.3. The Hall–Kier alpha value is -3.47. The van der Waals surface area contributed by atoms with Gasteiger partial charge in [0.2, 0.25) is 17.7 Å². The number of aliphatic hydroxyl groups is 2. The van der Waals surface area contributed by atoms with E-state index in [1.54, 1.807) is 26.0 Å². The van der Waals surface area contributed by atoms with Gasteiger partial charge in [0.05, 0.1) is 24.1 Å². The van der Waals surface area contributed by atoms with Gasteiger partial charge in [0.1, 0.15) is 24.1 Å². The van der Waals surface area contributed by atoms with Gasteiger partial charge in [-0.15, -0.1) is 0 Å². The summed E-state index contributed by atoms with van der Waals surface area (Å²) in [6.45, 7) is 3.19. The van der Waals surface area contributed by atoms with Crippen LogP contribution >= 0.6 is 0 Å². The van der Waals surface area contributed by atoms with E-state index in [-0.39, 0.29) is 23.7 Å². The second-order valence-electron chi connectivity index (χ2n) is 10.3. The first-order chi connectivity index (χ1) is 18.2. The van der Waals surface area contributed by atoms with E-state index in [0.29, 0.717) is 0 Å². The Morgan fingerprint density at radius 1 is 0.895 bits per heavy atom. The molecule has 7 atom stereocenters. The van der Waals surface area contributed by atoms with Crippen molar-refractivity contribution in [1.29, 1.82) is 0 Å². The molecule has 1 saturated heterocycles. The van der Waals surface area contributed by atoms with E-state index in [9.17, 15) is 29.7 Å². The quantitative estimate of drug-likeness (QED) is 0.271. The molecule has 0 radical (unpaired) electrons. The molecule has 0 bridgehead atoms. The van der Waals surface area contributed by atoms with E-state index in [0.717, 1.165) is 18.4 Å². The Morgan fingerprint density at radius 2 is 1.55 bits per heavy atom. The standard InChI is InChI=1S/C28H36N4O6/c1-15-24(34)20(14-17-8-4-3-5-9-17)30-27(37)22(31-26(36)19-10-6-7-11-21(19)33)16(2)29-28(38)23(18-12-13-18)32-25(15)35/h3-11,15-16,18,20,22-24,26,31,33-34,36H,12-14H2,1-2H3,(H,29,38)(H,30,37)(H,32,35). The molecule has 0 spiro atoms. The van der Waals surface area contributed by atoms with Crippen molar-refractivity contribution in [1.82, 2.24) is 21.3 Å². The zero-order valence-corrected chi connectivity index (χ0v) is 21.5. The van der Waals surface area contributed by atoms with Gasteiger partial charge < -0.3 is 31.3 Å². The minimum atomic E-state index is -1.42. The summed E-state index contributed by atoms with van der Waals surface area (Å²) in [6, 6.07) is 11.9. The van der Waals surface area contributed by atoms with Crippen LogP contribution < -0.4 is 21.3 Å². The molecule has 1 aliphatic carbocycles. The number of aromatic hydroxyl groups is 1. The molecule has 2 aliphatic rings. The molecular weight excluding hydrogens is 488 g/mol. The molecule has 7 unspecified atom stereocenters. The van der Waals surface area contributed by atoms with Crippen LogP contribution in [-0.4, -0.2) is 63.3 Å². The van der Waals surface area contributed by atoms with Crippen LogP contribution in [0, 0.1) is 11.8 Å². The molecule has 7 N–H and O–H groups in total. The van der Waals surface area contributed by atoms with Gasteiger partial charge in [-0.05, 0) is 43.7 Å². The maximum Gasteiger partial charge on any atom is 0.243 e. The Morgan fingerprint density at radius 3 is 2.21 bits per heavy atom. The van der Waals surface area contributed by atoms with Gasteiger partial charge in [-0.3, -0.25) is 19.7 Å². The van der Waals surface area contributed by atoms with Gasteiger partial charge in [-0.25, -0.2) is 0 Å². The maximum atomic E-state index is 13.7. The Labute approximate surface area is 221 Å². The summed E-state index contributed by atoms with van der Waals surface area (Å²) in [5.74, 6) is -2.56. The zero-order valence-electron chi connectivity index (χ0n) is 21.5. The summed E-state index contributed by atoms with van der Waals surface area (Å²) >= 11 is 0. The first-order valence-electron chi connectivity index (χ1n) is 13.0. The molecule has 1 aliphatic heterocycles. The number of phenolic OH excluding ortho intramolecular Hbond substituents is 1. The number of para-hydroxylation sites is 1. The van der Waals surface area contributed by atoms with Crippen LogP contribution in [0.25, 0.3) is 0 Å². The van der Waals surface area contributed by atoms with Crippen LogP contribution in [0.2, 0.25) is 0 Å². The number of carbonyl (C=O) groups is 3.